The summed E-state index contributed by atoms with van der Waals surface area (Å²) >= 11 is 0. The number of morpholine rings is 1. The second-order valence-electron chi connectivity index (χ2n) is 7.49. The zero-order chi connectivity index (χ0) is 20.6. The van der Waals surface area contributed by atoms with Crippen LogP contribution in [0, 0.1) is 0 Å². The minimum absolute atomic E-state index is 0.113. The van der Waals surface area contributed by atoms with E-state index in [1.165, 1.54) is 10.5 Å². The van der Waals surface area contributed by atoms with Gasteiger partial charge in [0, 0.05) is 16.8 Å². The fraction of sp³-hybridized carbons (Fsp3) is 0.240. The van der Waals surface area contributed by atoms with Gasteiger partial charge in [0.1, 0.15) is 32.0 Å². The van der Waals surface area contributed by atoms with Gasteiger partial charge in [0.15, 0.2) is 0 Å². The summed E-state index contributed by atoms with van der Waals surface area (Å²) in [6.45, 7) is 5.21. The zero-order valence-corrected chi connectivity index (χ0v) is 17.0. The number of ether oxygens (including phenoxy) is 2. The molecule has 0 aliphatic carbocycles. The Morgan fingerprint density at radius 1 is 0.867 bits per heavy atom. The minimum atomic E-state index is -0.113. The summed E-state index contributed by atoms with van der Waals surface area (Å²) in [5.41, 5.74) is 3.76. The third-order valence-corrected chi connectivity index (χ3v) is 5.23. The standard InChI is InChI=1S/C25H26N2O3/c28-25(22-8-6-20(7-9-22)18-27-14-16-29-17-15-27)26-23-10-12-24(13-11-23)30-19-21-4-2-1-3-5-21/h1-13H,14-19H2,(H,26,28)/p+1. The first kappa shape index (κ1) is 20.1. The average Bonchev–Trinajstić information content (AvgIpc) is 2.80. The van der Waals surface area contributed by atoms with Crippen molar-refractivity contribution in [3.05, 3.63) is 95.6 Å². The van der Waals surface area contributed by atoms with Crippen molar-refractivity contribution in [2.45, 2.75) is 13.2 Å². The lowest BCUT2D eigenvalue weighted by Crippen LogP contribution is -3.12. The topological polar surface area (TPSA) is 52.0 Å². The Bertz CT molecular complexity index is 934. The van der Waals surface area contributed by atoms with Gasteiger partial charge in [0.25, 0.3) is 5.91 Å². The van der Waals surface area contributed by atoms with Gasteiger partial charge in [-0.05, 0) is 42.0 Å². The van der Waals surface area contributed by atoms with Crippen LogP contribution < -0.4 is 15.0 Å². The largest absolute Gasteiger partial charge is 0.489 e. The first-order chi connectivity index (χ1) is 14.8. The molecule has 0 spiro atoms. The third kappa shape index (κ3) is 5.69. The van der Waals surface area contributed by atoms with Gasteiger partial charge in [-0.1, -0.05) is 42.5 Å². The molecule has 1 aliphatic heterocycles. The first-order valence-electron chi connectivity index (χ1n) is 10.3. The molecule has 4 rings (SSSR count). The fourth-order valence-electron chi connectivity index (χ4n) is 3.48. The van der Waals surface area contributed by atoms with E-state index in [2.05, 4.69) is 5.32 Å². The van der Waals surface area contributed by atoms with Gasteiger partial charge in [-0.2, -0.15) is 0 Å². The Morgan fingerprint density at radius 3 is 2.27 bits per heavy atom. The molecular weight excluding hydrogens is 376 g/mol. The molecule has 0 radical (unpaired) electrons. The number of benzene rings is 3. The highest BCUT2D eigenvalue weighted by Gasteiger charge is 2.14. The molecule has 1 saturated heterocycles. The lowest BCUT2D eigenvalue weighted by molar-refractivity contribution is -0.921. The summed E-state index contributed by atoms with van der Waals surface area (Å²) < 4.78 is 11.2. The van der Waals surface area contributed by atoms with Gasteiger partial charge in [0.2, 0.25) is 0 Å². The molecule has 0 atom stereocenters. The molecule has 0 bridgehead atoms. The Kier molecular flexibility index (Phi) is 6.75. The minimum Gasteiger partial charge on any atom is -0.489 e. The number of nitrogens with one attached hydrogen (secondary N) is 2. The maximum atomic E-state index is 12.5. The average molecular weight is 404 g/mol. The molecule has 1 aliphatic rings. The summed E-state index contributed by atoms with van der Waals surface area (Å²) in [5, 5.41) is 2.94. The van der Waals surface area contributed by atoms with E-state index in [9.17, 15) is 4.79 Å². The van der Waals surface area contributed by atoms with Crippen molar-refractivity contribution in [2.24, 2.45) is 0 Å². The molecule has 5 nitrogen and oxygen atoms in total. The number of quaternary nitrogens is 1. The molecular formula is C25H27N2O3+. The Balaban J connectivity index is 1.28. The smallest absolute Gasteiger partial charge is 0.255 e. The number of hydrogen-bond acceptors (Lipinski definition) is 3. The van der Waals surface area contributed by atoms with E-state index < -0.39 is 0 Å². The normalized spacial score (nSPS) is 14.3. The van der Waals surface area contributed by atoms with Gasteiger partial charge in [-0.15, -0.1) is 0 Å². The van der Waals surface area contributed by atoms with Gasteiger partial charge in [0.05, 0.1) is 13.2 Å². The van der Waals surface area contributed by atoms with Crippen LogP contribution in [0.3, 0.4) is 0 Å². The number of anilines is 1. The molecule has 0 unspecified atom stereocenters. The van der Waals surface area contributed by atoms with Gasteiger partial charge >= 0.3 is 0 Å². The maximum absolute atomic E-state index is 12.5. The predicted octanol–water partition coefficient (Wildman–Crippen LogP) is 2.93. The van der Waals surface area contributed by atoms with Crippen molar-refractivity contribution in [3.63, 3.8) is 0 Å². The van der Waals surface area contributed by atoms with Crippen molar-refractivity contribution >= 4 is 11.6 Å². The molecule has 3 aromatic rings. The number of carbonyl (C=O) groups excluding carboxylic acids is 1. The summed E-state index contributed by atoms with van der Waals surface area (Å²) in [7, 11) is 0. The Hall–Kier alpha value is -3.15. The highest BCUT2D eigenvalue weighted by Crippen LogP contribution is 2.18. The van der Waals surface area contributed by atoms with Crippen molar-refractivity contribution in [1.82, 2.24) is 0 Å². The summed E-state index contributed by atoms with van der Waals surface area (Å²) in [6.07, 6.45) is 0. The number of rotatable bonds is 7. The second kappa shape index (κ2) is 10.1. The molecule has 154 valence electrons. The van der Waals surface area contributed by atoms with E-state index in [1.54, 1.807) is 0 Å². The van der Waals surface area contributed by atoms with Crippen LogP contribution in [-0.2, 0) is 17.9 Å². The zero-order valence-electron chi connectivity index (χ0n) is 17.0. The lowest BCUT2D eigenvalue weighted by Gasteiger charge is -2.23. The molecule has 30 heavy (non-hydrogen) atoms. The fourth-order valence-corrected chi connectivity index (χ4v) is 3.48. The molecule has 2 N–H and O–H groups in total. The van der Waals surface area contributed by atoms with Crippen LogP contribution in [-0.4, -0.2) is 32.2 Å². The second-order valence-corrected chi connectivity index (χ2v) is 7.49. The van der Waals surface area contributed by atoms with Crippen LogP contribution in [0.4, 0.5) is 5.69 Å². The van der Waals surface area contributed by atoms with Crippen molar-refractivity contribution in [1.29, 1.82) is 0 Å². The van der Waals surface area contributed by atoms with Crippen LogP contribution in [0.2, 0.25) is 0 Å². The van der Waals surface area contributed by atoms with E-state index in [0.717, 1.165) is 49.8 Å². The van der Waals surface area contributed by atoms with Crippen LogP contribution in [0.5, 0.6) is 5.75 Å². The van der Waals surface area contributed by atoms with Gasteiger partial charge < -0.3 is 19.7 Å². The predicted molar refractivity (Wildman–Crippen MR) is 117 cm³/mol. The quantitative estimate of drug-likeness (QED) is 0.638. The maximum Gasteiger partial charge on any atom is 0.255 e. The van der Waals surface area contributed by atoms with Crippen molar-refractivity contribution in [2.75, 3.05) is 31.6 Å². The molecule has 1 amide bonds. The molecule has 0 saturated carbocycles. The third-order valence-electron chi connectivity index (χ3n) is 5.23. The number of amides is 1. The summed E-state index contributed by atoms with van der Waals surface area (Å²) in [4.78, 5) is 14.1. The Morgan fingerprint density at radius 2 is 1.57 bits per heavy atom. The number of carbonyl (C=O) groups is 1. The SMILES string of the molecule is O=C(Nc1ccc(OCc2ccccc2)cc1)c1ccc(C[NH+]2CCOCC2)cc1. The van der Waals surface area contributed by atoms with Gasteiger partial charge in [-0.3, -0.25) is 4.79 Å². The summed E-state index contributed by atoms with van der Waals surface area (Å²) in [5.74, 6) is 0.657. The molecule has 0 aromatic heterocycles. The molecule has 5 heteroatoms. The molecule has 1 heterocycles. The Labute approximate surface area is 177 Å². The lowest BCUT2D eigenvalue weighted by atomic mass is 10.1. The van der Waals surface area contributed by atoms with Gasteiger partial charge in [-0.25, -0.2) is 0 Å². The van der Waals surface area contributed by atoms with E-state index in [4.69, 9.17) is 9.47 Å². The van der Waals surface area contributed by atoms with E-state index in [1.807, 2.05) is 78.9 Å². The van der Waals surface area contributed by atoms with Crippen molar-refractivity contribution in [3.8, 4) is 5.75 Å². The highest BCUT2D eigenvalue weighted by molar-refractivity contribution is 6.04. The highest BCUT2D eigenvalue weighted by atomic mass is 16.5. The summed E-state index contributed by atoms with van der Waals surface area (Å²) in [6, 6.07) is 25.3. The van der Waals surface area contributed by atoms with Crippen LogP contribution in [0.15, 0.2) is 78.9 Å². The van der Waals surface area contributed by atoms with E-state index >= 15 is 0 Å². The molecule has 1 fully saturated rings. The van der Waals surface area contributed by atoms with Crippen LogP contribution in [0.1, 0.15) is 21.5 Å². The monoisotopic (exact) mass is 403 g/mol. The van der Waals surface area contributed by atoms with E-state index in [0.29, 0.717) is 12.2 Å². The first-order valence-corrected chi connectivity index (χ1v) is 10.3. The van der Waals surface area contributed by atoms with E-state index in [-0.39, 0.29) is 5.91 Å². The van der Waals surface area contributed by atoms with Crippen molar-refractivity contribution < 1.29 is 19.2 Å². The van der Waals surface area contributed by atoms with Crippen LogP contribution in [0.25, 0.3) is 0 Å². The van der Waals surface area contributed by atoms with Crippen LogP contribution >= 0.6 is 0 Å². The molecule has 3 aromatic carbocycles. The number of hydrogen-bond donors (Lipinski definition) is 2.